The lowest BCUT2D eigenvalue weighted by Gasteiger charge is -2.49. The predicted molar refractivity (Wildman–Crippen MR) is 129 cm³/mol. The van der Waals surface area contributed by atoms with E-state index < -0.39 is 53.2 Å². The van der Waals surface area contributed by atoms with E-state index in [1.807, 2.05) is 50.3 Å². The smallest absolute Gasteiger partial charge is 0.230 e. The Kier molecular flexibility index (Phi) is 5.83. The van der Waals surface area contributed by atoms with Gasteiger partial charge in [0.25, 0.3) is 0 Å². The van der Waals surface area contributed by atoms with Crippen molar-refractivity contribution >= 4 is 11.7 Å². The highest BCUT2D eigenvalue weighted by Gasteiger charge is 2.72. The van der Waals surface area contributed by atoms with Gasteiger partial charge in [0.05, 0.1) is 17.6 Å². The Hall–Kier alpha value is -2.32. The third kappa shape index (κ3) is 3.47. The van der Waals surface area contributed by atoms with E-state index in [4.69, 9.17) is 4.74 Å². The maximum Gasteiger partial charge on any atom is 0.230 e. The van der Waals surface area contributed by atoms with E-state index in [1.54, 1.807) is 13.0 Å². The van der Waals surface area contributed by atoms with E-state index >= 15 is 0 Å². The molecular weight excluding hydrogens is 446 g/mol. The van der Waals surface area contributed by atoms with Gasteiger partial charge in [0.2, 0.25) is 5.91 Å². The van der Waals surface area contributed by atoms with Gasteiger partial charge in [0.1, 0.15) is 17.8 Å². The number of fused-ring (bicyclic) bond motifs is 1. The van der Waals surface area contributed by atoms with Gasteiger partial charge in [-0.2, -0.15) is 0 Å². The van der Waals surface area contributed by atoms with Crippen LogP contribution in [0.3, 0.4) is 0 Å². The molecule has 2 aliphatic heterocycles. The average Bonchev–Trinajstić information content (AvgIpc) is 3.59. The lowest BCUT2D eigenvalue weighted by atomic mass is 9.53. The Morgan fingerprint density at radius 1 is 1.11 bits per heavy atom. The summed E-state index contributed by atoms with van der Waals surface area (Å²) < 4.78 is 5.76. The Labute approximate surface area is 205 Å². The first-order valence-electron chi connectivity index (χ1n) is 12.5. The van der Waals surface area contributed by atoms with Gasteiger partial charge >= 0.3 is 0 Å². The molecule has 2 aliphatic carbocycles. The van der Waals surface area contributed by atoms with Crippen molar-refractivity contribution in [3.05, 3.63) is 59.2 Å². The highest BCUT2D eigenvalue weighted by molar-refractivity contribution is 5.91. The lowest BCUT2D eigenvalue weighted by molar-refractivity contribution is -0.147. The van der Waals surface area contributed by atoms with Gasteiger partial charge in [0.15, 0.2) is 5.78 Å². The van der Waals surface area contributed by atoms with Crippen LogP contribution in [0.2, 0.25) is 0 Å². The zero-order valence-electron chi connectivity index (χ0n) is 20.6. The molecule has 188 valence electrons. The van der Waals surface area contributed by atoms with Crippen molar-refractivity contribution in [1.82, 2.24) is 5.32 Å². The fraction of sp³-hybridized carbons (Fsp3) is 0.571. The number of Topliss-reactive ketones (excluding diaryl/α,β-unsaturated/α-hetero) is 1. The minimum absolute atomic E-state index is 0.290. The maximum absolute atomic E-state index is 14.0. The van der Waals surface area contributed by atoms with Gasteiger partial charge < -0.3 is 25.4 Å². The van der Waals surface area contributed by atoms with Crippen LogP contribution < -0.4 is 5.32 Å². The van der Waals surface area contributed by atoms with Gasteiger partial charge in [-0.1, -0.05) is 55.0 Å². The van der Waals surface area contributed by atoms with Gasteiger partial charge in [-0.3, -0.25) is 9.59 Å². The van der Waals surface area contributed by atoms with Crippen molar-refractivity contribution in [2.45, 2.75) is 76.6 Å². The number of allylic oxidation sites excluding steroid dienone is 1. The van der Waals surface area contributed by atoms with Crippen molar-refractivity contribution in [2.24, 2.45) is 23.2 Å². The topological polar surface area (TPSA) is 119 Å². The highest BCUT2D eigenvalue weighted by Crippen LogP contribution is 2.59. The first-order valence-corrected chi connectivity index (χ1v) is 12.5. The summed E-state index contributed by atoms with van der Waals surface area (Å²) in [6, 6.07) is 9.58. The number of carbonyl (C=O) groups excluding carboxylic acids is 2. The number of ether oxygens (including phenoxy) is 1. The molecule has 35 heavy (non-hydrogen) atoms. The van der Waals surface area contributed by atoms with Crippen LogP contribution in [0.1, 0.15) is 39.7 Å². The number of hydrogen-bond acceptors (Lipinski definition) is 6. The zero-order valence-corrected chi connectivity index (χ0v) is 20.6. The minimum atomic E-state index is -1.78. The second-order valence-corrected chi connectivity index (χ2v) is 11.1. The fourth-order valence-electron chi connectivity index (χ4n) is 6.96. The van der Waals surface area contributed by atoms with Crippen molar-refractivity contribution in [3.8, 4) is 0 Å². The van der Waals surface area contributed by atoms with Crippen LogP contribution in [-0.4, -0.2) is 63.1 Å². The average molecular weight is 482 g/mol. The molecule has 0 bridgehead atoms. The number of ketones is 1. The molecule has 0 unspecified atom stereocenters. The number of rotatable bonds is 2. The summed E-state index contributed by atoms with van der Waals surface area (Å²) in [5.41, 5.74) is -0.444. The monoisotopic (exact) mass is 481 g/mol. The third-order valence-electron chi connectivity index (χ3n) is 9.01. The molecule has 4 N–H and O–H groups in total. The Morgan fingerprint density at radius 2 is 1.80 bits per heavy atom. The van der Waals surface area contributed by atoms with Crippen LogP contribution in [0.25, 0.3) is 0 Å². The number of carbonyl (C=O) groups is 2. The molecule has 2 fully saturated rings. The maximum atomic E-state index is 14.0. The Morgan fingerprint density at radius 3 is 2.49 bits per heavy atom. The van der Waals surface area contributed by atoms with Crippen LogP contribution in [0.15, 0.2) is 53.6 Å². The first kappa shape index (κ1) is 24.4. The molecule has 2 saturated heterocycles. The van der Waals surface area contributed by atoms with E-state index in [9.17, 15) is 24.9 Å². The van der Waals surface area contributed by atoms with E-state index in [0.717, 1.165) is 16.7 Å². The first-order chi connectivity index (χ1) is 16.5. The molecule has 0 radical (unpaired) electrons. The number of amides is 1. The van der Waals surface area contributed by atoms with E-state index in [-0.39, 0.29) is 17.7 Å². The standard InChI is InChI=1S/C28H35NO6/c1-14-9-8-12-18-21(30)16(3)15(2)20-19(13-17-10-6-5-7-11-17)29-26(33)28(18,20)24(32)22-25(35-22)27(4,34)23(14)31/h5-8,10-12,14,18-22,24-25,30,32,34H,9,13H2,1-4H3,(H,29,33)/t14-,18-,19-,20+,21+,22-,24+,25+,27-,28-/m0/s1. The van der Waals surface area contributed by atoms with Crippen molar-refractivity contribution in [2.75, 3.05) is 0 Å². The van der Waals surface area contributed by atoms with Crippen LogP contribution in [0.5, 0.6) is 0 Å². The third-order valence-corrected chi connectivity index (χ3v) is 9.01. The normalized spacial score (nSPS) is 45.2. The van der Waals surface area contributed by atoms with Crippen molar-refractivity contribution < 1.29 is 29.6 Å². The fourth-order valence-corrected chi connectivity index (χ4v) is 6.96. The molecular formula is C28H35NO6. The number of benzene rings is 1. The molecule has 5 rings (SSSR count). The molecule has 1 aromatic carbocycles. The summed E-state index contributed by atoms with van der Waals surface area (Å²) in [4.78, 5) is 26.9. The molecule has 4 aliphatic rings. The molecule has 1 aromatic rings. The second-order valence-electron chi connectivity index (χ2n) is 11.1. The van der Waals surface area contributed by atoms with E-state index in [0.29, 0.717) is 12.8 Å². The SMILES string of the molecule is CC1=C(C)[C@@H]2[C@H](Cc3ccccc3)NC(=O)[C@]23[C@H](O)[C@@H]2O[C@H]2[C@@](C)(O)C(=O)[C@@H](C)CC=C[C@H]3[C@@H]1O. The molecule has 7 heteroatoms. The summed E-state index contributed by atoms with van der Waals surface area (Å²) in [5, 5.41) is 37.5. The van der Waals surface area contributed by atoms with Crippen LogP contribution in [0.4, 0.5) is 0 Å². The van der Waals surface area contributed by atoms with Crippen LogP contribution in [-0.2, 0) is 20.7 Å². The molecule has 10 atom stereocenters. The second kappa shape index (κ2) is 8.37. The van der Waals surface area contributed by atoms with E-state index in [2.05, 4.69) is 5.32 Å². The van der Waals surface area contributed by atoms with Gasteiger partial charge in [-0.15, -0.1) is 0 Å². The molecule has 2 heterocycles. The summed E-state index contributed by atoms with van der Waals surface area (Å²) in [6.45, 7) is 6.98. The molecule has 0 aromatic heterocycles. The molecule has 7 nitrogen and oxygen atoms in total. The summed E-state index contributed by atoms with van der Waals surface area (Å²) in [5.74, 6) is -2.27. The predicted octanol–water partition coefficient (Wildman–Crippen LogP) is 1.70. The van der Waals surface area contributed by atoms with Crippen LogP contribution >= 0.6 is 0 Å². The van der Waals surface area contributed by atoms with Crippen molar-refractivity contribution in [3.63, 3.8) is 0 Å². The van der Waals surface area contributed by atoms with Gasteiger partial charge in [-0.25, -0.2) is 0 Å². The molecule has 1 spiro atoms. The summed E-state index contributed by atoms with van der Waals surface area (Å²) in [6.07, 6.45) is 0.434. The number of aliphatic hydroxyl groups is 3. The number of epoxide rings is 1. The quantitative estimate of drug-likeness (QED) is 0.377. The molecule has 1 amide bonds. The van der Waals surface area contributed by atoms with Gasteiger partial charge in [-0.05, 0) is 44.7 Å². The summed E-state index contributed by atoms with van der Waals surface area (Å²) in [7, 11) is 0. The van der Waals surface area contributed by atoms with Gasteiger partial charge in [0, 0.05) is 23.8 Å². The Balaban J connectivity index is 1.65. The number of hydrogen-bond donors (Lipinski definition) is 4. The largest absolute Gasteiger partial charge is 0.389 e. The lowest BCUT2D eigenvalue weighted by Crippen LogP contribution is -2.59. The Bertz CT molecular complexity index is 1090. The van der Waals surface area contributed by atoms with E-state index in [1.165, 1.54) is 6.92 Å². The number of nitrogens with one attached hydrogen (secondary N) is 1. The van der Waals surface area contributed by atoms with Crippen molar-refractivity contribution in [1.29, 1.82) is 0 Å². The molecule has 0 saturated carbocycles. The zero-order chi connectivity index (χ0) is 25.3. The van der Waals surface area contributed by atoms with Crippen LogP contribution in [0, 0.1) is 23.2 Å². The summed E-state index contributed by atoms with van der Waals surface area (Å²) >= 11 is 0. The minimum Gasteiger partial charge on any atom is -0.389 e. The number of aliphatic hydroxyl groups excluding tert-OH is 2. The highest BCUT2D eigenvalue weighted by atomic mass is 16.6.